The van der Waals surface area contributed by atoms with Gasteiger partial charge in [0.25, 0.3) is 41.7 Å². The van der Waals surface area contributed by atoms with Crippen LogP contribution in [0.2, 0.25) is 0 Å². The molecule has 2 amide bonds. The Morgan fingerprint density at radius 1 is 0.667 bits per heavy atom. The molecule has 0 aliphatic carbocycles. The van der Waals surface area contributed by atoms with Gasteiger partial charge in [-0.2, -0.15) is 21.8 Å². The third kappa shape index (κ3) is 13.6. The summed E-state index contributed by atoms with van der Waals surface area (Å²) in [4.78, 5) is 37.7. The maximum Gasteiger partial charge on any atom is 0.501 e. The summed E-state index contributed by atoms with van der Waals surface area (Å²) in [6.07, 6.45) is 1.18. The summed E-state index contributed by atoms with van der Waals surface area (Å²) in [7, 11) is -11.6. The molecule has 0 bridgehead atoms. The Morgan fingerprint density at radius 3 is 1.81 bits per heavy atom. The van der Waals surface area contributed by atoms with Gasteiger partial charge in [-0.25, -0.2) is 34.0 Å². The Hall–Kier alpha value is -6.29. The summed E-state index contributed by atoms with van der Waals surface area (Å²) in [5.74, 6) is -3.09. The number of methoxy groups -OCH3 is 1. The van der Waals surface area contributed by atoms with Crippen LogP contribution in [0.5, 0.6) is 11.5 Å². The van der Waals surface area contributed by atoms with Gasteiger partial charge in [-0.1, -0.05) is 24.3 Å². The molecule has 2 fully saturated rings. The number of sulfone groups is 1. The SMILES string of the molecule is COc1cccc(C(=O)NCc2ccc(S(=O)(=O)N3CCC(C(=O)c4ccc(F)cc4F)CC3)s2)c1.O=C(NCc1ccc(S(=O)(=O)N2CCC(Nc3cccc(S(=O)(=O)C(F)(F)F)c3)CC2)s1)c1ccccc1O. The molecule has 6 aromatic rings. The number of piperidine rings is 2. The van der Waals surface area contributed by atoms with Crippen LogP contribution in [0.4, 0.5) is 27.6 Å². The first kappa shape index (κ1) is 56.4. The number of hydrogen-bond donors (Lipinski definition) is 4. The standard InChI is InChI=1S/C25H24F2N2O5S2.C24H24F3N3O6S3/c1-34-19-4-2-3-17(13-19)25(31)28-15-20-6-8-23(35-20)36(32,33)29-11-9-16(10-12-29)24(30)21-7-5-18(26)14-22(21)27;25-24(26,27)38(33,34)19-5-3-4-17(14-19)29-16-10-12-30(13-11-16)39(35,36)22-9-8-18(37-22)15-28-23(32)20-6-1-2-7-21(20)31/h2-8,13-14,16H,9-12,15H2,1H3,(H,28,31);1-9,14,16,29,31H,10-13,15H2,(H,28,32). The number of ketones is 1. The molecule has 0 unspecified atom stereocenters. The molecule has 2 saturated heterocycles. The number of phenols is 1. The van der Waals surface area contributed by atoms with Crippen molar-refractivity contribution in [3.05, 3.63) is 153 Å². The molecule has 400 valence electrons. The minimum absolute atomic E-state index is 0.0719. The van der Waals surface area contributed by atoms with Crippen LogP contribution in [0.25, 0.3) is 0 Å². The van der Waals surface area contributed by atoms with Crippen LogP contribution in [0.3, 0.4) is 0 Å². The second-order valence-electron chi connectivity index (χ2n) is 17.0. The van der Waals surface area contributed by atoms with Gasteiger partial charge in [-0.05, 0) is 111 Å². The normalized spacial score (nSPS) is 15.3. The number of Topliss-reactive ketones (excluding diaryl/α,β-unsaturated/α-hetero) is 1. The summed E-state index contributed by atoms with van der Waals surface area (Å²) < 4.78 is 150. The number of nitrogens with one attached hydrogen (secondary N) is 3. The zero-order valence-corrected chi connectivity index (χ0v) is 43.6. The van der Waals surface area contributed by atoms with Crippen LogP contribution < -0.4 is 20.7 Å². The average Bonchev–Trinajstić information content (AvgIpc) is 4.09. The van der Waals surface area contributed by atoms with E-state index in [4.69, 9.17) is 4.74 Å². The molecule has 0 atom stereocenters. The Labute approximate surface area is 437 Å². The van der Waals surface area contributed by atoms with Crippen molar-refractivity contribution in [1.29, 1.82) is 0 Å². The van der Waals surface area contributed by atoms with E-state index in [9.17, 15) is 66.7 Å². The monoisotopic (exact) mass is 1140 g/mol. The lowest BCUT2D eigenvalue weighted by atomic mass is 9.89. The number of sulfonamides is 2. The first-order chi connectivity index (χ1) is 35.5. The summed E-state index contributed by atoms with van der Waals surface area (Å²) in [6.45, 7) is 0.761. The van der Waals surface area contributed by atoms with Crippen molar-refractivity contribution >= 4 is 75.8 Å². The van der Waals surface area contributed by atoms with Crippen LogP contribution in [0.1, 0.15) is 66.5 Å². The molecule has 8 rings (SSSR count). The van der Waals surface area contributed by atoms with Gasteiger partial charge in [-0.3, -0.25) is 14.4 Å². The maximum atomic E-state index is 14.0. The number of anilines is 1. The molecule has 0 radical (unpaired) electrons. The van der Waals surface area contributed by atoms with Gasteiger partial charge in [0.05, 0.1) is 36.2 Å². The number of alkyl halides is 3. The minimum Gasteiger partial charge on any atom is -0.507 e. The summed E-state index contributed by atoms with van der Waals surface area (Å²) >= 11 is 2.08. The van der Waals surface area contributed by atoms with Crippen molar-refractivity contribution in [2.75, 3.05) is 38.6 Å². The number of aromatic hydroxyl groups is 1. The molecule has 4 aromatic carbocycles. The van der Waals surface area contributed by atoms with Crippen molar-refractivity contribution in [3.8, 4) is 11.5 Å². The molecule has 75 heavy (non-hydrogen) atoms. The minimum atomic E-state index is -5.48. The van der Waals surface area contributed by atoms with Gasteiger partial charge in [0, 0.05) is 65.2 Å². The van der Waals surface area contributed by atoms with E-state index < -0.39 is 69.5 Å². The zero-order chi connectivity index (χ0) is 54.3. The highest BCUT2D eigenvalue weighted by Crippen LogP contribution is 2.34. The molecule has 4 heterocycles. The predicted octanol–water partition coefficient (Wildman–Crippen LogP) is 8.19. The Morgan fingerprint density at radius 2 is 1.24 bits per heavy atom. The number of nitrogens with zero attached hydrogens (tertiary/aromatic N) is 2. The van der Waals surface area contributed by atoms with Crippen molar-refractivity contribution in [2.45, 2.75) is 63.6 Å². The van der Waals surface area contributed by atoms with Gasteiger partial charge in [0.15, 0.2) is 5.78 Å². The highest BCUT2D eigenvalue weighted by molar-refractivity contribution is 7.92. The Bertz CT molecular complexity index is 3390. The molecule has 0 saturated carbocycles. The molecule has 0 spiro atoms. The molecular weight excluding hydrogens is 1090 g/mol. The molecule has 2 aromatic heterocycles. The molecule has 16 nitrogen and oxygen atoms in total. The highest BCUT2D eigenvalue weighted by Gasteiger charge is 2.47. The smallest absolute Gasteiger partial charge is 0.501 e. The topological polar surface area (TPSA) is 226 Å². The first-order valence-corrected chi connectivity index (χ1v) is 28.8. The largest absolute Gasteiger partial charge is 0.507 e. The van der Waals surface area contributed by atoms with Gasteiger partial charge >= 0.3 is 5.51 Å². The number of benzene rings is 4. The molecule has 2 aliphatic rings. The first-order valence-electron chi connectivity index (χ1n) is 22.8. The number of carbonyl (C=O) groups is 3. The Balaban J connectivity index is 0.000000219. The van der Waals surface area contributed by atoms with Crippen molar-refractivity contribution in [1.82, 2.24) is 19.2 Å². The van der Waals surface area contributed by atoms with Crippen molar-refractivity contribution in [2.24, 2.45) is 5.92 Å². The number of thiophene rings is 2. The number of phenolic OH excluding ortho intramolecular Hbond substituents is 1. The molecule has 26 heteroatoms. The van der Waals surface area contributed by atoms with Crippen molar-refractivity contribution in [3.63, 3.8) is 0 Å². The van der Waals surface area contributed by atoms with Gasteiger partial charge in [-0.15, -0.1) is 22.7 Å². The number of para-hydroxylation sites is 1. The number of carbonyl (C=O) groups excluding carboxylic acids is 3. The second kappa shape index (κ2) is 23.7. The fourth-order valence-corrected chi connectivity index (χ4v) is 14.7. The lowest BCUT2D eigenvalue weighted by Gasteiger charge is -2.31. The highest BCUT2D eigenvalue weighted by atomic mass is 32.3. The van der Waals surface area contributed by atoms with E-state index in [1.165, 1.54) is 52.1 Å². The van der Waals surface area contributed by atoms with Gasteiger partial charge < -0.3 is 25.8 Å². The summed E-state index contributed by atoms with van der Waals surface area (Å²) in [5.41, 5.74) is -4.88. The maximum absolute atomic E-state index is 14.0. The van der Waals surface area contributed by atoms with Crippen LogP contribution in [-0.2, 0) is 43.0 Å². The van der Waals surface area contributed by atoms with Gasteiger partial charge in [0.1, 0.15) is 31.6 Å². The van der Waals surface area contributed by atoms with E-state index in [0.717, 1.165) is 46.9 Å². The number of ether oxygens (including phenoxy) is 1. The average molecular weight is 1140 g/mol. The quantitative estimate of drug-likeness (QED) is 0.0532. The van der Waals surface area contributed by atoms with E-state index in [0.29, 0.717) is 40.0 Å². The fraction of sp³-hybridized carbons (Fsp3) is 0.286. The summed E-state index contributed by atoms with van der Waals surface area (Å²) in [6, 6.07) is 25.9. The van der Waals surface area contributed by atoms with Crippen molar-refractivity contribution < 1.29 is 71.4 Å². The number of amides is 2. The predicted molar refractivity (Wildman–Crippen MR) is 269 cm³/mol. The number of halogens is 5. The van der Waals surface area contributed by atoms with E-state index in [2.05, 4.69) is 16.0 Å². The van der Waals surface area contributed by atoms with Crippen LogP contribution in [-0.4, -0.2) is 101 Å². The lowest BCUT2D eigenvalue weighted by molar-refractivity contribution is -0.0436. The van der Waals surface area contributed by atoms with Crippen LogP contribution in [0, 0.1) is 17.6 Å². The van der Waals surface area contributed by atoms with Crippen LogP contribution in [0.15, 0.2) is 129 Å². The van der Waals surface area contributed by atoms with E-state index in [1.807, 2.05) is 0 Å². The zero-order valence-electron chi connectivity index (χ0n) is 39.6. The van der Waals surface area contributed by atoms with E-state index >= 15 is 0 Å². The second-order valence-corrected chi connectivity index (χ2v) is 25.6. The van der Waals surface area contributed by atoms with E-state index in [-0.39, 0.29) is 95.0 Å². The summed E-state index contributed by atoms with van der Waals surface area (Å²) in [5, 5.41) is 18.2. The third-order valence-corrected chi connectivity index (χ3v) is 20.5. The van der Waals surface area contributed by atoms with Gasteiger partial charge in [0.2, 0.25) is 0 Å². The Kier molecular flexibility index (Phi) is 17.8. The molecule has 2 aliphatic heterocycles. The third-order valence-electron chi connectivity index (χ3n) is 12.1. The number of rotatable bonds is 16. The fourth-order valence-electron chi connectivity index (χ4n) is 8.03. The molecular formula is C49H48F5N5O11S5. The lowest BCUT2D eigenvalue weighted by Crippen LogP contribution is -2.42. The van der Waals surface area contributed by atoms with E-state index in [1.54, 1.807) is 48.5 Å². The molecule has 4 N–H and O–H groups in total. The van der Waals surface area contributed by atoms with Crippen LogP contribution >= 0.6 is 22.7 Å². The number of hydrogen-bond acceptors (Lipinski definition) is 14.